The second kappa shape index (κ2) is 5.32. The van der Waals surface area contributed by atoms with Crippen molar-refractivity contribution in [3.05, 3.63) is 30.3 Å². The van der Waals surface area contributed by atoms with Crippen LogP contribution < -0.4 is 10.2 Å². The van der Waals surface area contributed by atoms with Crippen molar-refractivity contribution in [1.29, 1.82) is 0 Å². The number of nitrogens with one attached hydrogen (secondary N) is 1. The number of aliphatic hydroxyl groups is 1. The van der Waals surface area contributed by atoms with Gasteiger partial charge in [0.25, 0.3) is 0 Å². The Morgan fingerprint density at radius 1 is 1.38 bits per heavy atom. The van der Waals surface area contributed by atoms with Crippen molar-refractivity contribution in [2.24, 2.45) is 0 Å². The number of hydrogen-bond donors (Lipinski definition) is 2. The molecule has 1 aliphatic rings. The van der Waals surface area contributed by atoms with E-state index in [1.165, 1.54) is 5.69 Å². The number of rotatable bonds is 3. The summed E-state index contributed by atoms with van der Waals surface area (Å²) in [5, 5.41) is 12.6. The second-order valence-electron chi connectivity index (χ2n) is 4.46. The van der Waals surface area contributed by atoms with Gasteiger partial charge in [-0.15, -0.1) is 0 Å². The topological polar surface area (TPSA) is 35.5 Å². The van der Waals surface area contributed by atoms with Gasteiger partial charge in [0.05, 0.1) is 0 Å². The third kappa shape index (κ3) is 2.54. The van der Waals surface area contributed by atoms with E-state index < -0.39 is 0 Å². The Labute approximate surface area is 97.1 Å². The van der Waals surface area contributed by atoms with Crippen LogP contribution in [0.4, 0.5) is 5.69 Å². The summed E-state index contributed by atoms with van der Waals surface area (Å²) < 4.78 is 0. The van der Waals surface area contributed by atoms with Gasteiger partial charge in [-0.1, -0.05) is 18.2 Å². The number of benzene rings is 1. The molecule has 3 nitrogen and oxygen atoms in total. The van der Waals surface area contributed by atoms with Crippen LogP contribution in [0.3, 0.4) is 0 Å². The molecule has 1 saturated heterocycles. The van der Waals surface area contributed by atoms with Gasteiger partial charge in [0.2, 0.25) is 0 Å². The first-order chi connectivity index (χ1) is 7.81. The molecule has 0 saturated carbocycles. The Kier molecular flexibility index (Phi) is 3.80. The second-order valence-corrected chi connectivity index (χ2v) is 4.46. The molecule has 1 aromatic carbocycles. The van der Waals surface area contributed by atoms with Crippen molar-refractivity contribution < 1.29 is 5.11 Å². The lowest BCUT2D eigenvalue weighted by molar-refractivity contribution is 0.260. The summed E-state index contributed by atoms with van der Waals surface area (Å²) in [4.78, 5) is 2.40. The van der Waals surface area contributed by atoms with E-state index >= 15 is 0 Å². The maximum Gasteiger partial charge on any atom is 0.0451 e. The SMILES string of the molecule is CC1CN(c2ccccc2)C(CCO)CN1. The first-order valence-electron chi connectivity index (χ1n) is 5.97. The average molecular weight is 220 g/mol. The van der Waals surface area contributed by atoms with Gasteiger partial charge in [-0.3, -0.25) is 0 Å². The first-order valence-corrected chi connectivity index (χ1v) is 5.97. The Morgan fingerprint density at radius 3 is 2.81 bits per heavy atom. The highest BCUT2D eigenvalue weighted by molar-refractivity contribution is 5.48. The Bertz CT molecular complexity index is 315. The van der Waals surface area contributed by atoms with Gasteiger partial charge in [-0.2, -0.15) is 0 Å². The molecule has 0 aliphatic carbocycles. The standard InChI is InChI=1S/C13H20N2O/c1-11-10-15(12-5-3-2-4-6-12)13(7-8-16)9-14-11/h2-6,11,13-14,16H,7-10H2,1H3. The molecule has 1 fully saturated rings. The molecule has 2 unspecified atom stereocenters. The molecular formula is C13H20N2O. The van der Waals surface area contributed by atoms with E-state index in [4.69, 9.17) is 5.11 Å². The van der Waals surface area contributed by atoms with Gasteiger partial charge in [0, 0.05) is 37.5 Å². The highest BCUT2D eigenvalue weighted by Crippen LogP contribution is 2.20. The minimum absolute atomic E-state index is 0.254. The molecule has 0 bridgehead atoms. The minimum atomic E-state index is 0.254. The predicted molar refractivity (Wildman–Crippen MR) is 66.7 cm³/mol. The van der Waals surface area contributed by atoms with E-state index in [0.29, 0.717) is 12.1 Å². The molecule has 1 heterocycles. The van der Waals surface area contributed by atoms with Crippen molar-refractivity contribution in [2.75, 3.05) is 24.6 Å². The summed E-state index contributed by atoms with van der Waals surface area (Å²) in [6.07, 6.45) is 0.828. The molecule has 0 radical (unpaired) electrons. The largest absolute Gasteiger partial charge is 0.396 e. The lowest BCUT2D eigenvalue weighted by Crippen LogP contribution is -2.56. The lowest BCUT2D eigenvalue weighted by atomic mass is 10.1. The summed E-state index contributed by atoms with van der Waals surface area (Å²) >= 11 is 0. The van der Waals surface area contributed by atoms with Crippen molar-refractivity contribution in [3.8, 4) is 0 Å². The van der Waals surface area contributed by atoms with Crippen molar-refractivity contribution >= 4 is 5.69 Å². The normalized spacial score (nSPS) is 25.8. The van der Waals surface area contributed by atoms with Gasteiger partial charge in [0.15, 0.2) is 0 Å². The molecule has 0 amide bonds. The Hall–Kier alpha value is -1.06. The Morgan fingerprint density at radius 2 is 2.12 bits per heavy atom. The molecule has 2 N–H and O–H groups in total. The molecular weight excluding hydrogens is 200 g/mol. The third-order valence-corrected chi connectivity index (χ3v) is 3.16. The van der Waals surface area contributed by atoms with Crippen molar-refractivity contribution in [1.82, 2.24) is 5.32 Å². The zero-order valence-corrected chi connectivity index (χ0v) is 9.76. The molecule has 3 heteroatoms. The van der Waals surface area contributed by atoms with Crippen LogP contribution in [0.5, 0.6) is 0 Å². The number of hydrogen-bond acceptors (Lipinski definition) is 3. The summed E-state index contributed by atoms with van der Waals surface area (Å²) in [7, 11) is 0. The molecule has 16 heavy (non-hydrogen) atoms. The molecule has 88 valence electrons. The molecule has 2 atom stereocenters. The Balaban J connectivity index is 2.14. The van der Waals surface area contributed by atoms with E-state index in [-0.39, 0.29) is 6.61 Å². The van der Waals surface area contributed by atoms with Crippen LogP contribution in [0.1, 0.15) is 13.3 Å². The fourth-order valence-electron chi connectivity index (χ4n) is 2.30. The lowest BCUT2D eigenvalue weighted by Gasteiger charge is -2.41. The summed E-state index contributed by atoms with van der Waals surface area (Å²) in [5.41, 5.74) is 1.26. The summed E-state index contributed by atoms with van der Waals surface area (Å²) in [6, 6.07) is 11.4. The van der Waals surface area contributed by atoms with Gasteiger partial charge in [0.1, 0.15) is 0 Å². The highest BCUT2D eigenvalue weighted by atomic mass is 16.3. The van der Waals surface area contributed by atoms with E-state index in [1.54, 1.807) is 0 Å². The fraction of sp³-hybridized carbons (Fsp3) is 0.538. The van der Waals surface area contributed by atoms with Crippen molar-refractivity contribution in [3.63, 3.8) is 0 Å². The smallest absolute Gasteiger partial charge is 0.0451 e. The number of piperazine rings is 1. The number of aliphatic hydroxyl groups excluding tert-OH is 1. The predicted octanol–water partition coefficient (Wildman–Crippen LogP) is 1.24. The van der Waals surface area contributed by atoms with E-state index in [1.807, 2.05) is 6.07 Å². The van der Waals surface area contributed by atoms with Crippen molar-refractivity contribution in [2.45, 2.75) is 25.4 Å². The van der Waals surface area contributed by atoms with Crippen LogP contribution in [-0.4, -0.2) is 36.9 Å². The molecule has 2 rings (SSSR count). The zero-order chi connectivity index (χ0) is 11.4. The minimum Gasteiger partial charge on any atom is -0.396 e. The number of nitrogens with zero attached hydrogens (tertiary/aromatic N) is 1. The van der Waals surface area contributed by atoms with Crippen LogP contribution in [0, 0.1) is 0 Å². The van der Waals surface area contributed by atoms with Crippen LogP contribution >= 0.6 is 0 Å². The quantitative estimate of drug-likeness (QED) is 0.804. The average Bonchev–Trinajstić information content (AvgIpc) is 2.33. The summed E-state index contributed by atoms with van der Waals surface area (Å²) in [5.74, 6) is 0. The van der Waals surface area contributed by atoms with Gasteiger partial charge in [-0.05, 0) is 25.5 Å². The molecule has 1 aromatic rings. The maximum absolute atomic E-state index is 9.09. The molecule has 0 spiro atoms. The molecule has 1 aliphatic heterocycles. The molecule has 0 aromatic heterocycles. The maximum atomic E-state index is 9.09. The van der Waals surface area contributed by atoms with E-state index in [0.717, 1.165) is 19.5 Å². The number of anilines is 1. The first kappa shape index (κ1) is 11.4. The zero-order valence-electron chi connectivity index (χ0n) is 9.76. The van der Waals surface area contributed by atoms with E-state index in [9.17, 15) is 0 Å². The summed E-state index contributed by atoms with van der Waals surface area (Å²) in [6.45, 7) is 4.42. The van der Waals surface area contributed by atoms with Crippen LogP contribution in [0.2, 0.25) is 0 Å². The monoisotopic (exact) mass is 220 g/mol. The van der Waals surface area contributed by atoms with Gasteiger partial charge >= 0.3 is 0 Å². The number of para-hydroxylation sites is 1. The fourth-order valence-corrected chi connectivity index (χ4v) is 2.30. The third-order valence-electron chi connectivity index (χ3n) is 3.16. The van der Waals surface area contributed by atoms with Gasteiger partial charge < -0.3 is 15.3 Å². The van der Waals surface area contributed by atoms with Gasteiger partial charge in [-0.25, -0.2) is 0 Å². The van der Waals surface area contributed by atoms with Crippen LogP contribution in [0.25, 0.3) is 0 Å². The highest BCUT2D eigenvalue weighted by Gasteiger charge is 2.25. The van der Waals surface area contributed by atoms with E-state index in [2.05, 4.69) is 41.4 Å². The van der Waals surface area contributed by atoms with Crippen LogP contribution in [-0.2, 0) is 0 Å². The van der Waals surface area contributed by atoms with Crippen LogP contribution in [0.15, 0.2) is 30.3 Å².